The van der Waals surface area contributed by atoms with E-state index in [4.69, 9.17) is 4.74 Å². The van der Waals surface area contributed by atoms with E-state index in [1.165, 1.54) is 10.5 Å². The molecule has 1 aliphatic rings. The molecule has 0 aliphatic carbocycles. The number of amides is 1. The number of nitrogens with zero attached hydrogens (tertiary/aromatic N) is 2. The van der Waals surface area contributed by atoms with Crippen LogP contribution in [0, 0.1) is 0 Å². The first kappa shape index (κ1) is 20.6. The lowest BCUT2D eigenvalue weighted by molar-refractivity contribution is -0.120. The number of fused-ring (bicyclic) bond motifs is 1. The van der Waals surface area contributed by atoms with Gasteiger partial charge in [-0.15, -0.1) is 11.3 Å². The van der Waals surface area contributed by atoms with Gasteiger partial charge in [-0.2, -0.15) is 0 Å². The molecule has 3 rings (SSSR count). The molecule has 1 amide bonds. The molecule has 0 atom stereocenters. The maximum Gasteiger partial charge on any atom is 0.241 e. The van der Waals surface area contributed by atoms with Gasteiger partial charge in [0.2, 0.25) is 5.91 Å². The lowest BCUT2D eigenvalue weighted by Crippen LogP contribution is -2.52. The molecule has 4 nitrogen and oxygen atoms in total. The third-order valence-electron chi connectivity index (χ3n) is 5.11. The highest BCUT2D eigenvalue weighted by Crippen LogP contribution is 2.40. The highest BCUT2D eigenvalue weighted by atomic mass is 32.1. The van der Waals surface area contributed by atoms with Gasteiger partial charge in [-0.1, -0.05) is 19.1 Å². The molecular weight excluding hydrogens is 368 g/mol. The van der Waals surface area contributed by atoms with Gasteiger partial charge < -0.3 is 9.64 Å². The Hall–Kier alpha value is -2.11. The number of benzene rings is 1. The van der Waals surface area contributed by atoms with Crippen LogP contribution in [-0.2, 0) is 11.3 Å². The number of carbonyl (C=O) groups is 1. The van der Waals surface area contributed by atoms with Crippen LogP contribution >= 0.6 is 11.3 Å². The summed E-state index contributed by atoms with van der Waals surface area (Å²) in [5.74, 6) is 0.964. The van der Waals surface area contributed by atoms with E-state index in [-0.39, 0.29) is 11.4 Å². The molecule has 28 heavy (non-hydrogen) atoms. The molecule has 0 spiro atoms. The van der Waals surface area contributed by atoms with Crippen LogP contribution in [0.3, 0.4) is 0 Å². The lowest BCUT2D eigenvalue weighted by atomic mass is 9.88. The number of ether oxygens (including phenoxy) is 1. The van der Waals surface area contributed by atoms with E-state index in [0.717, 1.165) is 30.1 Å². The van der Waals surface area contributed by atoms with Gasteiger partial charge in [0, 0.05) is 17.0 Å². The second-order valence-corrected chi connectivity index (χ2v) is 8.74. The summed E-state index contributed by atoms with van der Waals surface area (Å²) in [6.45, 7) is 13.1. The van der Waals surface area contributed by atoms with Crippen LogP contribution in [0.5, 0.6) is 5.75 Å². The highest BCUT2D eigenvalue weighted by molar-refractivity contribution is 7.09. The fraction of sp³-hybridized carbons (Fsp3) is 0.435. The molecule has 0 fully saturated rings. The molecular formula is C23H30N2O2S. The normalized spacial score (nSPS) is 15.4. The van der Waals surface area contributed by atoms with Crippen molar-refractivity contribution in [3.63, 3.8) is 0 Å². The van der Waals surface area contributed by atoms with Crippen molar-refractivity contribution in [2.75, 3.05) is 24.6 Å². The van der Waals surface area contributed by atoms with Crippen LogP contribution in [0.15, 0.2) is 41.8 Å². The number of rotatable bonds is 7. The van der Waals surface area contributed by atoms with E-state index in [2.05, 4.69) is 56.2 Å². The Morgan fingerprint density at radius 2 is 2.04 bits per heavy atom. The first-order chi connectivity index (χ1) is 13.4. The predicted molar refractivity (Wildman–Crippen MR) is 118 cm³/mol. The van der Waals surface area contributed by atoms with Gasteiger partial charge in [-0.05, 0) is 69.5 Å². The summed E-state index contributed by atoms with van der Waals surface area (Å²) >= 11 is 1.73. The zero-order valence-corrected chi connectivity index (χ0v) is 18.3. The van der Waals surface area contributed by atoms with Crippen molar-refractivity contribution < 1.29 is 9.53 Å². The summed E-state index contributed by atoms with van der Waals surface area (Å²) in [6, 6.07) is 10.2. The first-order valence-corrected chi connectivity index (χ1v) is 10.8. The lowest BCUT2D eigenvalue weighted by Gasteiger charge is -2.42. The van der Waals surface area contributed by atoms with Crippen molar-refractivity contribution in [3.8, 4) is 5.75 Å². The minimum Gasteiger partial charge on any atom is -0.494 e. The van der Waals surface area contributed by atoms with Gasteiger partial charge in [-0.3, -0.25) is 9.69 Å². The molecule has 1 aromatic heterocycles. The van der Waals surface area contributed by atoms with Crippen LogP contribution in [0.2, 0.25) is 0 Å². The van der Waals surface area contributed by atoms with Crippen molar-refractivity contribution in [1.29, 1.82) is 0 Å². The van der Waals surface area contributed by atoms with Gasteiger partial charge in [0.25, 0.3) is 0 Å². The maximum atomic E-state index is 13.4. The molecule has 2 aromatic rings. The van der Waals surface area contributed by atoms with Gasteiger partial charge in [0.1, 0.15) is 5.75 Å². The van der Waals surface area contributed by atoms with Gasteiger partial charge in [0.05, 0.1) is 24.4 Å². The number of thiophene rings is 1. The topological polar surface area (TPSA) is 32.8 Å². The molecule has 150 valence electrons. The molecule has 1 aromatic carbocycles. The maximum absolute atomic E-state index is 13.4. The second kappa shape index (κ2) is 8.50. The highest BCUT2D eigenvalue weighted by Gasteiger charge is 2.36. The summed E-state index contributed by atoms with van der Waals surface area (Å²) in [4.78, 5) is 18.8. The summed E-state index contributed by atoms with van der Waals surface area (Å²) in [6.07, 6.45) is 2.18. The van der Waals surface area contributed by atoms with Gasteiger partial charge in [0.15, 0.2) is 0 Å². The zero-order valence-electron chi connectivity index (χ0n) is 17.5. The van der Waals surface area contributed by atoms with Crippen LogP contribution in [-0.4, -0.2) is 36.0 Å². The van der Waals surface area contributed by atoms with E-state index in [1.54, 1.807) is 11.3 Å². The number of carbonyl (C=O) groups excluding carboxylic acids is 1. The SMILES string of the molecule is CCOc1ccc2c(c1)C(C)=CC(C)(C)N2C(=O)CN(CC)Cc1cccs1. The van der Waals surface area contributed by atoms with Crippen LogP contribution in [0.25, 0.3) is 5.57 Å². The fourth-order valence-electron chi connectivity index (χ4n) is 3.89. The quantitative estimate of drug-likeness (QED) is 0.643. The second-order valence-electron chi connectivity index (χ2n) is 7.70. The summed E-state index contributed by atoms with van der Waals surface area (Å²) < 4.78 is 5.67. The van der Waals surface area contributed by atoms with E-state index >= 15 is 0 Å². The van der Waals surface area contributed by atoms with Gasteiger partial charge >= 0.3 is 0 Å². The third kappa shape index (κ3) is 4.31. The molecule has 0 radical (unpaired) electrons. The van der Waals surface area contributed by atoms with Crippen LogP contribution < -0.4 is 9.64 Å². The Labute approximate surface area is 172 Å². The Balaban J connectivity index is 1.88. The summed E-state index contributed by atoms with van der Waals surface area (Å²) in [7, 11) is 0. The first-order valence-electron chi connectivity index (χ1n) is 9.90. The number of hydrogen-bond donors (Lipinski definition) is 0. The number of likely N-dealkylation sites (N-methyl/N-ethyl adjacent to an activating group) is 1. The minimum absolute atomic E-state index is 0.123. The van der Waals surface area contributed by atoms with E-state index in [0.29, 0.717) is 13.2 Å². The molecule has 0 saturated carbocycles. The number of anilines is 1. The van der Waals surface area contributed by atoms with Crippen molar-refractivity contribution in [2.45, 2.75) is 46.7 Å². The molecule has 0 N–H and O–H groups in total. The van der Waals surface area contributed by atoms with Crippen LogP contribution in [0.4, 0.5) is 5.69 Å². The van der Waals surface area contributed by atoms with Crippen molar-refractivity contribution >= 4 is 28.5 Å². The Bertz CT molecular complexity index is 855. The standard InChI is InChI=1S/C23H30N2O2S/c1-6-24(15-19-9-8-12-28-19)16-22(26)25-21-11-10-18(27-7-2)13-20(21)17(3)14-23(25,4)5/h8-14H,6-7,15-16H2,1-5H3. The van der Waals surface area contributed by atoms with Gasteiger partial charge in [-0.25, -0.2) is 0 Å². The predicted octanol–water partition coefficient (Wildman–Crippen LogP) is 5.20. The van der Waals surface area contributed by atoms with Crippen molar-refractivity contribution in [2.24, 2.45) is 0 Å². The van der Waals surface area contributed by atoms with Crippen molar-refractivity contribution in [1.82, 2.24) is 4.90 Å². The smallest absolute Gasteiger partial charge is 0.241 e. The number of hydrogen-bond acceptors (Lipinski definition) is 4. The Morgan fingerprint density at radius 1 is 1.25 bits per heavy atom. The average molecular weight is 399 g/mol. The largest absolute Gasteiger partial charge is 0.494 e. The molecule has 0 bridgehead atoms. The molecule has 1 aliphatic heterocycles. The molecule has 0 unspecified atom stereocenters. The van der Waals surface area contributed by atoms with Crippen molar-refractivity contribution in [3.05, 3.63) is 52.2 Å². The summed E-state index contributed by atoms with van der Waals surface area (Å²) in [5, 5.41) is 2.08. The average Bonchev–Trinajstić information content (AvgIpc) is 3.14. The number of allylic oxidation sites excluding steroid dienone is 1. The molecule has 2 heterocycles. The minimum atomic E-state index is -0.371. The van der Waals surface area contributed by atoms with Crippen LogP contribution in [0.1, 0.15) is 45.1 Å². The Kier molecular flexibility index (Phi) is 6.26. The van der Waals surface area contributed by atoms with E-state index in [9.17, 15) is 4.79 Å². The third-order valence-corrected chi connectivity index (χ3v) is 5.97. The molecule has 0 saturated heterocycles. The Morgan fingerprint density at radius 3 is 2.68 bits per heavy atom. The monoisotopic (exact) mass is 398 g/mol. The zero-order chi connectivity index (χ0) is 20.3. The van der Waals surface area contributed by atoms with E-state index in [1.807, 2.05) is 30.0 Å². The summed E-state index contributed by atoms with van der Waals surface area (Å²) in [5.41, 5.74) is 2.84. The fourth-order valence-corrected chi connectivity index (χ4v) is 4.63. The van der Waals surface area contributed by atoms with E-state index < -0.39 is 0 Å². The molecule has 5 heteroatoms.